The fourth-order valence-electron chi connectivity index (χ4n) is 1.96. The Hall–Kier alpha value is -1.66. The fraction of sp³-hybridized carbons (Fsp3) is 0.357. The molecule has 1 N–H and O–H groups in total. The molecule has 0 saturated heterocycles. The van der Waals surface area contributed by atoms with Gasteiger partial charge in [0, 0.05) is 31.9 Å². The zero-order valence-corrected chi connectivity index (χ0v) is 12.6. The molecule has 0 radical (unpaired) electrons. The number of hydrogen-bond acceptors (Lipinski definition) is 3. The Morgan fingerprint density at radius 3 is 2.55 bits per heavy atom. The lowest BCUT2D eigenvalue weighted by Crippen LogP contribution is -2.25. The molecule has 0 aliphatic heterocycles. The van der Waals surface area contributed by atoms with Gasteiger partial charge in [0.25, 0.3) is 0 Å². The smallest absolute Gasteiger partial charge is 0.213 e. The van der Waals surface area contributed by atoms with E-state index in [0.29, 0.717) is 12.1 Å². The number of aromatic amines is 1. The molecule has 1 aromatic heterocycles. The van der Waals surface area contributed by atoms with Crippen molar-refractivity contribution in [3.63, 3.8) is 0 Å². The number of H-pyrrole nitrogens is 1. The molecule has 1 heterocycles. The summed E-state index contributed by atoms with van der Waals surface area (Å²) in [5.74, 6) is 0.0631. The van der Waals surface area contributed by atoms with E-state index in [-0.39, 0.29) is 11.5 Å². The second-order valence-electron chi connectivity index (χ2n) is 5.01. The lowest BCUT2D eigenvalue weighted by Gasteiger charge is -2.10. The fourth-order valence-corrected chi connectivity index (χ4v) is 2.82. The molecule has 108 valence electrons. The van der Waals surface area contributed by atoms with Crippen LogP contribution in [0.25, 0.3) is 10.9 Å². The number of nitrogens with one attached hydrogen (secondary N) is 1. The molecule has 0 aliphatic rings. The highest BCUT2D eigenvalue weighted by Crippen LogP contribution is 2.18. The molecule has 5 nitrogen and oxygen atoms in total. The third-order valence-electron chi connectivity index (χ3n) is 3.27. The first-order valence-corrected chi connectivity index (χ1v) is 7.93. The number of aryl methyl sites for hydroxylation is 1. The highest BCUT2D eigenvalue weighted by Gasteiger charge is 2.13. The van der Waals surface area contributed by atoms with E-state index in [0.717, 1.165) is 16.5 Å². The molecule has 0 saturated carbocycles. The van der Waals surface area contributed by atoms with Crippen molar-refractivity contribution in [3.05, 3.63) is 35.5 Å². The minimum atomic E-state index is -3.19. The number of benzene rings is 1. The minimum Gasteiger partial charge on any atom is -0.352 e. The first-order valence-electron chi connectivity index (χ1n) is 6.32. The lowest BCUT2D eigenvalue weighted by atomic mass is 10.1. The molecule has 0 aliphatic carbocycles. The van der Waals surface area contributed by atoms with Crippen molar-refractivity contribution in [1.82, 2.24) is 9.29 Å². The second kappa shape index (κ2) is 5.38. The van der Waals surface area contributed by atoms with Gasteiger partial charge in [-0.05, 0) is 30.2 Å². The van der Waals surface area contributed by atoms with Crippen LogP contribution in [-0.4, -0.2) is 43.3 Å². The maximum absolute atomic E-state index is 11.7. The van der Waals surface area contributed by atoms with Crippen LogP contribution >= 0.6 is 0 Å². The third-order valence-corrected chi connectivity index (χ3v) is 5.10. The maximum atomic E-state index is 11.7. The standard InChI is InChI=1S/C14H18N2O3S/c1-10(17)14-9-12-8-11(4-5-13(12)15-14)6-7-20(18,19)16(2)3/h4-5,8-9,15H,6-7H2,1-3H3. The minimum absolute atomic E-state index is 0.0158. The van der Waals surface area contributed by atoms with Crippen LogP contribution in [-0.2, 0) is 16.4 Å². The second-order valence-corrected chi connectivity index (χ2v) is 7.31. The van der Waals surface area contributed by atoms with Crippen LogP contribution in [0.15, 0.2) is 24.3 Å². The van der Waals surface area contributed by atoms with Crippen LogP contribution in [0.5, 0.6) is 0 Å². The highest BCUT2D eigenvalue weighted by molar-refractivity contribution is 7.89. The average molecular weight is 294 g/mol. The van der Waals surface area contributed by atoms with Crippen molar-refractivity contribution in [2.75, 3.05) is 19.8 Å². The summed E-state index contributed by atoms with van der Waals surface area (Å²) in [4.78, 5) is 14.4. The first kappa shape index (κ1) is 14.7. The molecule has 0 fully saturated rings. The van der Waals surface area contributed by atoms with Gasteiger partial charge in [0.15, 0.2) is 5.78 Å². The maximum Gasteiger partial charge on any atom is 0.213 e. The van der Waals surface area contributed by atoms with Crippen LogP contribution < -0.4 is 0 Å². The van der Waals surface area contributed by atoms with Gasteiger partial charge in [-0.15, -0.1) is 0 Å². The number of hydrogen-bond donors (Lipinski definition) is 1. The van der Waals surface area contributed by atoms with Gasteiger partial charge in [-0.25, -0.2) is 12.7 Å². The van der Waals surface area contributed by atoms with Crippen molar-refractivity contribution in [2.24, 2.45) is 0 Å². The monoisotopic (exact) mass is 294 g/mol. The van der Waals surface area contributed by atoms with Crippen LogP contribution in [0.3, 0.4) is 0 Å². The number of carbonyl (C=O) groups is 1. The summed E-state index contributed by atoms with van der Waals surface area (Å²) < 4.78 is 24.7. The summed E-state index contributed by atoms with van der Waals surface area (Å²) in [7, 11) is -0.123. The zero-order valence-electron chi connectivity index (χ0n) is 11.8. The Morgan fingerprint density at radius 1 is 1.25 bits per heavy atom. The average Bonchev–Trinajstić information content (AvgIpc) is 2.79. The van der Waals surface area contributed by atoms with E-state index >= 15 is 0 Å². The largest absolute Gasteiger partial charge is 0.352 e. The Bertz CT molecular complexity index is 745. The van der Waals surface area contributed by atoms with E-state index in [1.54, 1.807) is 6.07 Å². The summed E-state index contributed by atoms with van der Waals surface area (Å²) in [6, 6.07) is 7.47. The van der Waals surface area contributed by atoms with E-state index in [2.05, 4.69) is 4.98 Å². The van der Waals surface area contributed by atoms with Gasteiger partial charge in [-0.1, -0.05) is 6.07 Å². The van der Waals surface area contributed by atoms with Gasteiger partial charge in [-0.3, -0.25) is 4.79 Å². The van der Waals surface area contributed by atoms with Crippen LogP contribution in [0.1, 0.15) is 23.0 Å². The van der Waals surface area contributed by atoms with Crippen molar-refractivity contribution < 1.29 is 13.2 Å². The van der Waals surface area contributed by atoms with Gasteiger partial charge in [0.2, 0.25) is 10.0 Å². The molecule has 2 aromatic rings. The van der Waals surface area contributed by atoms with Gasteiger partial charge in [-0.2, -0.15) is 0 Å². The number of Topliss-reactive ketones (excluding diaryl/α,β-unsaturated/α-hetero) is 1. The van der Waals surface area contributed by atoms with E-state index in [1.807, 2.05) is 18.2 Å². The number of sulfonamides is 1. The normalized spacial score (nSPS) is 12.2. The molecular weight excluding hydrogens is 276 g/mol. The summed E-state index contributed by atoms with van der Waals surface area (Å²) in [5.41, 5.74) is 2.39. The van der Waals surface area contributed by atoms with Crippen LogP contribution in [0, 0.1) is 0 Å². The van der Waals surface area contributed by atoms with E-state index in [1.165, 1.54) is 25.3 Å². The Kier molecular flexibility index (Phi) is 3.96. The molecular formula is C14H18N2O3S. The van der Waals surface area contributed by atoms with E-state index < -0.39 is 10.0 Å². The van der Waals surface area contributed by atoms with Gasteiger partial charge in [0.05, 0.1) is 11.4 Å². The number of nitrogens with zero attached hydrogens (tertiary/aromatic N) is 1. The predicted octanol–water partition coefficient (Wildman–Crippen LogP) is 1.80. The Morgan fingerprint density at radius 2 is 1.95 bits per heavy atom. The molecule has 0 amide bonds. The predicted molar refractivity (Wildman–Crippen MR) is 79.5 cm³/mol. The quantitative estimate of drug-likeness (QED) is 0.855. The number of ketones is 1. The SMILES string of the molecule is CC(=O)c1cc2cc(CCS(=O)(=O)N(C)C)ccc2[nH]1. The number of rotatable bonds is 5. The van der Waals surface area contributed by atoms with Crippen LogP contribution in [0.4, 0.5) is 0 Å². The van der Waals surface area contributed by atoms with Crippen LogP contribution in [0.2, 0.25) is 0 Å². The van der Waals surface area contributed by atoms with Crippen molar-refractivity contribution in [2.45, 2.75) is 13.3 Å². The summed E-state index contributed by atoms with van der Waals surface area (Å²) in [5, 5.41) is 0.926. The molecule has 0 bridgehead atoms. The summed E-state index contributed by atoms with van der Waals surface area (Å²) in [6.07, 6.45) is 0.455. The summed E-state index contributed by atoms with van der Waals surface area (Å²) >= 11 is 0. The number of aromatic nitrogens is 1. The Labute approximate surface area is 118 Å². The van der Waals surface area contributed by atoms with Gasteiger partial charge < -0.3 is 4.98 Å². The van der Waals surface area contributed by atoms with E-state index in [9.17, 15) is 13.2 Å². The van der Waals surface area contributed by atoms with Crippen molar-refractivity contribution in [3.8, 4) is 0 Å². The zero-order chi connectivity index (χ0) is 14.9. The van der Waals surface area contributed by atoms with Gasteiger partial charge in [0.1, 0.15) is 0 Å². The van der Waals surface area contributed by atoms with Gasteiger partial charge >= 0.3 is 0 Å². The van der Waals surface area contributed by atoms with Crippen molar-refractivity contribution >= 4 is 26.7 Å². The first-order chi connectivity index (χ1) is 9.29. The lowest BCUT2D eigenvalue weighted by molar-refractivity contribution is 0.101. The molecule has 1 aromatic carbocycles. The van der Waals surface area contributed by atoms with E-state index in [4.69, 9.17) is 0 Å². The topological polar surface area (TPSA) is 70.2 Å². The van der Waals surface area contributed by atoms with Crippen molar-refractivity contribution in [1.29, 1.82) is 0 Å². The molecule has 2 rings (SSSR count). The molecule has 0 unspecified atom stereocenters. The highest BCUT2D eigenvalue weighted by atomic mass is 32.2. The number of carbonyl (C=O) groups excluding carboxylic acids is 1. The number of fused-ring (bicyclic) bond motifs is 1. The summed E-state index contributed by atoms with van der Waals surface area (Å²) in [6.45, 7) is 1.51. The third kappa shape index (κ3) is 3.08. The molecule has 0 atom stereocenters. The Balaban J connectivity index is 2.22. The molecule has 6 heteroatoms. The molecule has 20 heavy (non-hydrogen) atoms. The molecule has 0 spiro atoms.